The van der Waals surface area contributed by atoms with Gasteiger partial charge in [-0.15, -0.1) is 0 Å². The van der Waals surface area contributed by atoms with E-state index < -0.39 is 37.3 Å². The summed E-state index contributed by atoms with van der Waals surface area (Å²) in [6.45, 7) is 3.17. The molecule has 2 fully saturated rings. The van der Waals surface area contributed by atoms with Gasteiger partial charge in [0.2, 0.25) is 0 Å². The van der Waals surface area contributed by atoms with Crippen molar-refractivity contribution in [2.75, 3.05) is 13.2 Å². The smallest absolute Gasteiger partial charge is 0.309 e. The Bertz CT molecular complexity index is 772. The predicted octanol–water partition coefficient (Wildman–Crippen LogP) is -0.928. The van der Waals surface area contributed by atoms with Crippen molar-refractivity contribution in [3.8, 4) is 0 Å². The van der Waals surface area contributed by atoms with Gasteiger partial charge in [0, 0.05) is 11.8 Å². The molecule has 166 valence electrons. The van der Waals surface area contributed by atoms with Gasteiger partial charge >= 0.3 is 5.97 Å². The zero-order valence-corrected chi connectivity index (χ0v) is 16.9. The molecule has 0 bridgehead atoms. The topological polar surface area (TPSA) is 143 Å². The lowest BCUT2D eigenvalue weighted by atomic mass is 9.85. The van der Waals surface area contributed by atoms with Crippen LogP contribution in [0.4, 0.5) is 0 Å². The van der Waals surface area contributed by atoms with E-state index in [-0.39, 0.29) is 48.1 Å². The molecule has 0 saturated carbocycles. The highest BCUT2D eigenvalue weighted by Crippen LogP contribution is 2.45. The zero-order valence-electron chi connectivity index (χ0n) is 16.9. The van der Waals surface area contributed by atoms with E-state index in [0.717, 1.165) is 5.57 Å². The van der Waals surface area contributed by atoms with Gasteiger partial charge in [-0.3, -0.25) is 9.59 Å². The Morgan fingerprint density at radius 1 is 1.13 bits per heavy atom. The summed E-state index contributed by atoms with van der Waals surface area (Å²) in [6, 6.07) is 0. The molecule has 4 aliphatic rings. The van der Waals surface area contributed by atoms with Crippen LogP contribution in [0.1, 0.15) is 20.3 Å². The zero-order chi connectivity index (χ0) is 21.7. The van der Waals surface area contributed by atoms with Crippen molar-refractivity contribution < 1.29 is 44.2 Å². The molecule has 2 saturated heterocycles. The Balaban J connectivity index is 1.52. The van der Waals surface area contributed by atoms with Crippen LogP contribution in [-0.2, 0) is 23.8 Å². The maximum Gasteiger partial charge on any atom is 0.309 e. The third-order valence-electron chi connectivity index (χ3n) is 6.77. The van der Waals surface area contributed by atoms with Crippen molar-refractivity contribution >= 4 is 11.8 Å². The quantitative estimate of drug-likeness (QED) is 0.421. The average Bonchev–Trinajstić information content (AvgIpc) is 3.10. The molecule has 0 aromatic carbocycles. The monoisotopic (exact) mass is 424 g/mol. The van der Waals surface area contributed by atoms with Gasteiger partial charge in [0.25, 0.3) is 0 Å². The van der Waals surface area contributed by atoms with Gasteiger partial charge < -0.3 is 34.6 Å². The molecule has 0 spiro atoms. The van der Waals surface area contributed by atoms with Crippen LogP contribution >= 0.6 is 0 Å². The first-order valence-corrected chi connectivity index (χ1v) is 10.3. The second-order valence-electron chi connectivity index (χ2n) is 8.73. The van der Waals surface area contributed by atoms with Gasteiger partial charge in [0.1, 0.15) is 30.5 Å². The number of carbonyl (C=O) groups is 2. The number of allylic oxidation sites excluding steroid dienone is 1. The van der Waals surface area contributed by atoms with Crippen LogP contribution in [0.5, 0.6) is 0 Å². The summed E-state index contributed by atoms with van der Waals surface area (Å²) in [6.07, 6.45) is -3.04. The fraction of sp³-hybridized carbons (Fsp3) is 0.714. The number of carbonyl (C=O) groups excluding carboxylic acids is 2. The molecular weight excluding hydrogens is 396 g/mol. The molecule has 10 atom stereocenters. The molecule has 9 heteroatoms. The van der Waals surface area contributed by atoms with Gasteiger partial charge in [-0.05, 0) is 29.6 Å². The molecule has 2 heterocycles. The molecular formula is C21H28O9. The largest absolute Gasteiger partial charge is 0.461 e. The number of hydrogen-bond acceptors (Lipinski definition) is 9. The predicted molar refractivity (Wildman–Crippen MR) is 101 cm³/mol. The molecule has 0 radical (unpaired) electrons. The van der Waals surface area contributed by atoms with Crippen LogP contribution in [0.3, 0.4) is 0 Å². The van der Waals surface area contributed by atoms with Crippen molar-refractivity contribution in [1.82, 2.24) is 0 Å². The lowest BCUT2D eigenvalue weighted by molar-refractivity contribution is -0.298. The van der Waals surface area contributed by atoms with E-state index in [1.54, 1.807) is 0 Å². The van der Waals surface area contributed by atoms with Gasteiger partial charge in [-0.1, -0.05) is 19.9 Å². The van der Waals surface area contributed by atoms with Gasteiger partial charge in [-0.2, -0.15) is 0 Å². The number of esters is 1. The molecule has 4 N–H and O–H groups in total. The van der Waals surface area contributed by atoms with Crippen LogP contribution in [0.15, 0.2) is 23.3 Å². The SMILES string of the molecule is C[C@@H]1C(=O)O[C@H]2C[C@H](C)[C@@H]3C(=O)C=C(CO[C@@H]4O[C@H](CO)[C@@H](O)[C@H](O)[C@H]4O)C3=C[C@@H]21. The molecule has 4 rings (SSSR count). The van der Waals surface area contributed by atoms with Crippen LogP contribution in [0.2, 0.25) is 0 Å². The fourth-order valence-electron chi connectivity index (χ4n) is 4.98. The minimum absolute atomic E-state index is 0.0159. The number of ketones is 1. The third kappa shape index (κ3) is 3.53. The second-order valence-corrected chi connectivity index (χ2v) is 8.73. The molecule has 2 aliphatic heterocycles. The van der Waals surface area contributed by atoms with E-state index in [1.807, 2.05) is 19.9 Å². The number of rotatable bonds is 4. The summed E-state index contributed by atoms with van der Waals surface area (Å²) in [7, 11) is 0. The van der Waals surface area contributed by atoms with Crippen molar-refractivity contribution in [3.63, 3.8) is 0 Å². The van der Waals surface area contributed by atoms with Crippen LogP contribution < -0.4 is 0 Å². The number of hydrogen-bond donors (Lipinski definition) is 4. The number of aliphatic hydroxyl groups is 4. The van der Waals surface area contributed by atoms with Crippen molar-refractivity contribution in [2.24, 2.45) is 23.7 Å². The normalized spacial score (nSPS) is 45.9. The summed E-state index contributed by atoms with van der Waals surface area (Å²) in [5, 5.41) is 39.3. The maximum absolute atomic E-state index is 12.7. The van der Waals surface area contributed by atoms with Crippen LogP contribution in [0, 0.1) is 23.7 Å². The fourth-order valence-corrected chi connectivity index (χ4v) is 4.98. The van der Waals surface area contributed by atoms with Gasteiger partial charge in [-0.25, -0.2) is 0 Å². The Morgan fingerprint density at radius 3 is 2.57 bits per heavy atom. The van der Waals surface area contributed by atoms with E-state index in [1.165, 1.54) is 6.08 Å². The molecule has 0 aromatic heterocycles. The Morgan fingerprint density at radius 2 is 1.87 bits per heavy atom. The van der Waals surface area contributed by atoms with Crippen molar-refractivity contribution in [1.29, 1.82) is 0 Å². The Labute approximate surface area is 173 Å². The van der Waals surface area contributed by atoms with Gasteiger partial charge in [0.05, 0.1) is 19.1 Å². The highest BCUT2D eigenvalue weighted by molar-refractivity contribution is 6.00. The molecule has 30 heavy (non-hydrogen) atoms. The average molecular weight is 424 g/mol. The summed E-state index contributed by atoms with van der Waals surface area (Å²) < 4.78 is 16.5. The highest BCUT2D eigenvalue weighted by atomic mass is 16.7. The number of fused-ring (bicyclic) bond motifs is 2. The molecule has 9 nitrogen and oxygen atoms in total. The number of aliphatic hydroxyl groups excluding tert-OH is 4. The first-order valence-electron chi connectivity index (χ1n) is 10.3. The summed E-state index contributed by atoms with van der Waals surface area (Å²) in [4.78, 5) is 24.7. The van der Waals surface area contributed by atoms with Gasteiger partial charge in [0.15, 0.2) is 12.1 Å². The minimum atomic E-state index is -1.53. The lowest BCUT2D eigenvalue weighted by Gasteiger charge is -2.39. The van der Waals surface area contributed by atoms with E-state index in [0.29, 0.717) is 12.0 Å². The van der Waals surface area contributed by atoms with E-state index >= 15 is 0 Å². The van der Waals surface area contributed by atoms with Crippen LogP contribution in [0.25, 0.3) is 0 Å². The third-order valence-corrected chi connectivity index (χ3v) is 6.77. The number of ether oxygens (including phenoxy) is 3. The van der Waals surface area contributed by atoms with E-state index in [2.05, 4.69) is 0 Å². The van der Waals surface area contributed by atoms with Crippen LogP contribution in [-0.4, -0.2) is 82.2 Å². The summed E-state index contributed by atoms with van der Waals surface area (Å²) in [5.41, 5.74) is 1.43. The van der Waals surface area contributed by atoms with Crippen molar-refractivity contribution in [2.45, 2.75) is 57.1 Å². The maximum atomic E-state index is 12.7. The summed E-state index contributed by atoms with van der Waals surface area (Å²) in [5.74, 6) is -1.05. The first-order chi connectivity index (χ1) is 14.2. The Hall–Kier alpha value is -1.62. The lowest BCUT2D eigenvalue weighted by Crippen LogP contribution is -2.59. The first kappa shape index (κ1) is 21.6. The second kappa shape index (κ2) is 8.14. The molecule has 0 amide bonds. The Kier molecular flexibility index (Phi) is 5.86. The highest BCUT2D eigenvalue weighted by Gasteiger charge is 2.48. The summed E-state index contributed by atoms with van der Waals surface area (Å²) >= 11 is 0. The molecule has 2 aliphatic carbocycles. The minimum Gasteiger partial charge on any atom is -0.461 e. The van der Waals surface area contributed by atoms with E-state index in [9.17, 15) is 30.0 Å². The van der Waals surface area contributed by atoms with Crippen molar-refractivity contribution in [3.05, 3.63) is 23.3 Å². The molecule has 0 aromatic rings. The molecule has 0 unspecified atom stereocenters. The standard InChI is InChI=1S/C21H28O9/c1-8-3-14-11(9(2)20(27)29-14)5-12-10(4-13(23)16(8)12)7-28-21-19(26)18(25)17(24)15(6-22)30-21/h4-5,8-9,11,14-19,21-22,24-26H,3,6-7H2,1-2H3/t8-,9-,11+,14-,15+,16-,17+,18-,19+,21+/m0/s1. The van der Waals surface area contributed by atoms with E-state index in [4.69, 9.17) is 14.2 Å².